The molecule has 0 amide bonds. The third-order valence-electron chi connectivity index (χ3n) is 3.46. The van der Waals surface area contributed by atoms with E-state index in [2.05, 4.69) is 6.07 Å². The SMILES string of the molecule is CCC1OCC(COc2ccc(-c3[c]cccc3)cc2)O1. The van der Waals surface area contributed by atoms with Crippen LogP contribution in [0.3, 0.4) is 0 Å². The van der Waals surface area contributed by atoms with Gasteiger partial charge in [0.25, 0.3) is 0 Å². The van der Waals surface area contributed by atoms with Crippen LogP contribution in [0, 0.1) is 6.07 Å². The molecule has 1 radical (unpaired) electrons. The van der Waals surface area contributed by atoms with E-state index in [1.54, 1.807) is 0 Å². The van der Waals surface area contributed by atoms with Gasteiger partial charge in [0.1, 0.15) is 18.5 Å². The van der Waals surface area contributed by atoms with Crippen molar-refractivity contribution in [1.82, 2.24) is 0 Å². The monoisotopic (exact) mass is 283 g/mol. The summed E-state index contributed by atoms with van der Waals surface area (Å²) in [5.74, 6) is 0.846. The first-order chi connectivity index (χ1) is 10.3. The van der Waals surface area contributed by atoms with Crippen molar-refractivity contribution < 1.29 is 14.2 Å². The van der Waals surface area contributed by atoms with Crippen LogP contribution in [-0.4, -0.2) is 25.6 Å². The highest BCUT2D eigenvalue weighted by atomic mass is 16.7. The Balaban J connectivity index is 1.55. The van der Waals surface area contributed by atoms with Crippen LogP contribution in [0.2, 0.25) is 0 Å². The fraction of sp³-hybridized carbons (Fsp3) is 0.333. The van der Waals surface area contributed by atoms with Gasteiger partial charge in [-0.1, -0.05) is 43.3 Å². The molecular weight excluding hydrogens is 264 g/mol. The largest absolute Gasteiger partial charge is 0.491 e. The lowest BCUT2D eigenvalue weighted by Crippen LogP contribution is -2.20. The van der Waals surface area contributed by atoms with E-state index in [9.17, 15) is 0 Å². The molecule has 109 valence electrons. The standard InChI is InChI=1S/C18H19O3/c1-2-18-20-13-17(21-18)12-19-16-10-8-15(9-11-16)14-6-4-3-5-7-14/h3-6,8-11,17-18H,2,12-13H2,1H3. The van der Waals surface area contributed by atoms with E-state index in [0.29, 0.717) is 13.2 Å². The van der Waals surface area contributed by atoms with Crippen molar-refractivity contribution in [2.24, 2.45) is 0 Å². The second-order valence-electron chi connectivity index (χ2n) is 5.04. The Kier molecular flexibility index (Phi) is 4.53. The molecule has 0 aliphatic carbocycles. The molecule has 0 saturated carbocycles. The molecule has 0 bridgehead atoms. The third-order valence-corrected chi connectivity index (χ3v) is 3.46. The fourth-order valence-corrected chi connectivity index (χ4v) is 2.30. The predicted molar refractivity (Wildman–Crippen MR) is 81.1 cm³/mol. The van der Waals surface area contributed by atoms with Crippen LogP contribution in [0.25, 0.3) is 11.1 Å². The Morgan fingerprint density at radius 2 is 2.05 bits per heavy atom. The topological polar surface area (TPSA) is 27.7 Å². The molecule has 1 fully saturated rings. The Bertz CT molecular complexity index is 550. The number of hydrogen-bond donors (Lipinski definition) is 0. The molecule has 1 aliphatic rings. The lowest BCUT2D eigenvalue weighted by Gasteiger charge is -2.12. The zero-order chi connectivity index (χ0) is 14.5. The maximum atomic E-state index is 5.76. The van der Waals surface area contributed by atoms with Gasteiger partial charge >= 0.3 is 0 Å². The van der Waals surface area contributed by atoms with Crippen LogP contribution in [0.5, 0.6) is 5.75 Å². The van der Waals surface area contributed by atoms with E-state index in [-0.39, 0.29) is 12.4 Å². The Morgan fingerprint density at radius 3 is 2.71 bits per heavy atom. The molecule has 2 unspecified atom stereocenters. The highest BCUT2D eigenvalue weighted by Crippen LogP contribution is 2.22. The molecule has 0 aromatic heterocycles. The van der Waals surface area contributed by atoms with Gasteiger partial charge in [0.05, 0.1) is 6.61 Å². The van der Waals surface area contributed by atoms with Crippen molar-refractivity contribution in [2.75, 3.05) is 13.2 Å². The molecule has 1 aliphatic heterocycles. The van der Waals surface area contributed by atoms with Crippen molar-refractivity contribution >= 4 is 0 Å². The van der Waals surface area contributed by atoms with E-state index in [1.165, 1.54) is 0 Å². The Morgan fingerprint density at radius 1 is 1.19 bits per heavy atom. The maximum absolute atomic E-state index is 5.76. The van der Waals surface area contributed by atoms with Crippen LogP contribution in [0.4, 0.5) is 0 Å². The summed E-state index contributed by atoms with van der Waals surface area (Å²) in [4.78, 5) is 0. The van der Waals surface area contributed by atoms with Gasteiger partial charge in [0.2, 0.25) is 0 Å². The fourth-order valence-electron chi connectivity index (χ4n) is 2.30. The number of ether oxygens (including phenoxy) is 3. The zero-order valence-electron chi connectivity index (χ0n) is 12.1. The molecule has 3 nitrogen and oxygen atoms in total. The van der Waals surface area contributed by atoms with Crippen molar-refractivity contribution in [1.29, 1.82) is 0 Å². The van der Waals surface area contributed by atoms with Crippen LogP contribution in [-0.2, 0) is 9.47 Å². The van der Waals surface area contributed by atoms with Crippen molar-refractivity contribution in [2.45, 2.75) is 25.7 Å². The van der Waals surface area contributed by atoms with Gasteiger partial charge < -0.3 is 14.2 Å². The lowest BCUT2D eigenvalue weighted by atomic mass is 10.1. The smallest absolute Gasteiger partial charge is 0.158 e. The first-order valence-electron chi connectivity index (χ1n) is 7.32. The van der Waals surface area contributed by atoms with E-state index in [1.807, 2.05) is 55.5 Å². The van der Waals surface area contributed by atoms with E-state index < -0.39 is 0 Å². The third kappa shape index (κ3) is 3.63. The Hall–Kier alpha value is -1.84. The summed E-state index contributed by atoms with van der Waals surface area (Å²) in [6.07, 6.45) is 0.824. The van der Waals surface area contributed by atoms with Crippen molar-refractivity contribution in [3.8, 4) is 16.9 Å². The van der Waals surface area contributed by atoms with E-state index in [0.717, 1.165) is 23.3 Å². The molecule has 0 N–H and O–H groups in total. The van der Waals surface area contributed by atoms with Gasteiger partial charge in [-0.05, 0) is 35.7 Å². The first kappa shape index (κ1) is 14.1. The van der Waals surface area contributed by atoms with Gasteiger partial charge in [0, 0.05) is 0 Å². The summed E-state index contributed by atoms with van der Waals surface area (Å²) in [7, 11) is 0. The average molecular weight is 283 g/mol. The highest BCUT2D eigenvalue weighted by Gasteiger charge is 2.24. The maximum Gasteiger partial charge on any atom is 0.158 e. The second kappa shape index (κ2) is 6.74. The molecule has 21 heavy (non-hydrogen) atoms. The molecule has 0 spiro atoms. The van der Waals surface area contributed by atoms with Crippen LogP contribution < -0.4 is 4.74 Å². The van der Waals surface area contributed by atoms with Gasteiger partial charge in [-0.2, -0.15) is 0 Å². The molecule has 2 aromatic carbocycles. The lowest BCUT2D eigenvalue weighted by molar-refractivity contribution is -0.0642. The first-order valence-corrected chi connectivity index (χ1v) is 7.32. The van der Waals surface area contributed by atoms with Crippen LogP contribution >= 0.6 is 0 Å². The van der Waals surface area contributed by atoms with Crippen LogP contribution in [0.1, 0.15) is 13.3 Å². The van der Waals surface area contributed by atoms with Gasteiger partial charge in [0.15, 0.2) is 6.29 Å². The van der Waals surface area contributed by atoms with E-state index >= 15 is 0 Å². The minimum Gasteiger partial charge on any atom is -0.491 e. The average Bonchev–Trinajstić information content (AvgIpc) is 3.02. The number of hydrogen-bond acceptors (Lipinski definition) is 3. The summed E-state index contributed by atoms with van der Waals surface area (Å²) in [5.41, 5.74) is 2.22. The minimum atomic E-state index is -0.0745. The second-order valence-corrected chi connectivity index (χ2v) is 5.04. The summed E-state index contributed by atoms with van der Waals surface area (Å²) in [6.45, 7) is 3.18. The normalized spacial score (nSPS) is 21.4. The van der Waals surface area contributed by atoms with Crippen molar-refractivity contribution in [3.63, 3.8) is 0 Å². The van der Waals surface area contributed by atoms with E-state index in [4.69, 9.17) is 14.2 Å². The molecule has 3 rings (SSSR count). The Labute approximate surface area is 125 Å². The quantitative estimate of drug-likeness (QED) is 0.837. The molecular formula is C18H19O3. The molecule has 1 saturated heterocycles. The van der Waals surface area contributed by atoms with Crippen molar-refractivity contribution in [3.05, 3.63) is 54.6 Å². The summed E-state index contributed by atoms with van der Waals surface area (Å²) in [6, 6.07) is 19.2. The van der Waals surface area contributed by atoms with Crippen LogP contribution in [0.15, 0.2) is 48.5 Å². The van der Waals surface area contributed by atoms with Gasteiger partial charge in [-0.3, -0.25) is 0 Å². The zero-order valence-corrected chi connectivity index (χ0v) is 12.1. The predicted octanol–water partition coefficient (Wildman–Crippen LogP) is 3.68. The molecule has 1 heterocycles. The summed E-state index contributed by atoms with van der Waals surface area (Å²) < 4.78 is 16.9. The number of rotatable bonds is 5. The molecule has 2 atom stereocenters. The molecule has 2 aromatic rings. The highest BCUT2D eigenvalue weighted by molar-refractivity contribution is 5.63. The summed E-state index contributed by atoms with van der Waals surface area (Å²) in [5, 5.41) is 0. The minimum absolute atomic E-state index is 0.0251. The van der Waals surface area contributed by atoms with Gasteiger partial charge in [-0.15, -0.1) is 0 Å². The number of benzene rings is 2. The molecule has 3 heteroatoms. The summed E-state index contributed by atoms with van der Waals surface area (Å²) >= 11 is 0. The van der Waals surface area contributed by atoms with Gasteiger partial charge in [-0.25, -0.2) is 0 Å².